The highest BCUT2D eigenvalue weighted by Crippen LogP contribution is 2.07. The van der Waals surface area contributed by atoms with Gasteiger partial charge in [0.2, 0.25) is 5.71 Å². The van der Waals surface area contributed by atoms with Crippen LogP contribution in [0.3, 0.4) is 0 Å². The molecule has 1 amide bonds. The Kier molecular flexibility index (Phi) is 4.23. The molecule has 86 valence electrons. The van der Waals surface area contributed by atoms with Crippen molar-refractivity contribution in [2.75, 3.05) is 13.7 Å². The van der Waals surface area contributed by atoms with Crippen molar-refractivity contribution in [3.63, 3.8) is 0 Å². The van der Waals surface area contributed by atoms with Gasteiger partial charge in [0.15, 0.2) is 11.9 Å². The van der Waals surface area contributed by atoms with Gasteiger partial charge in [-0.1, -0.05) is 10.3 Å². The van der Waals surface area contributed by atoms with Gasteiger partial charge in [-0.2, -0.15) is 5.26 Å². The van der Waals surface area contributed by atoms with Crippen LogP contribution in [0.1, 0.15) is 6.42 Å². The first kappa shape index (κ1) is 11.9. The average Bonchev–Trinajstić information content (AvgIpc) is 2.73. The van der Waals surface area contributed by atoms with Gasteiger partial charge in [-0.3, -0.25) is 4.79 Å². The lowest BCUT2D eigenvalue weighted by atomic mass is 10.2. The second-order valence-corrected chi connectivity index (χ2v) is 2.84. The van der Waals surface area contributed by atoms with Gasteiger partial charge in [-0.15, -0.1) is 0 Å². The van der Waals surface area contributed by atoms with Crippen molar-refractivity contribution in [1.82, 2.24) is 5.32 Å². The van der Waals surface area contributed by atoms with E-state index in [0.29, 0.717) is 0 Å². The Labute approximate surface area is 91.1 Å². The van der Waals surface area contributed by atoms with Crippen LogP contribution in [-0.2, 0) is 14.5 Å². The molecule has 0 spiro atoms. The molecule has 16 heavy (non-hydrogen) atoms. The lowest BCUT2D eigenvalue weighted by Crippen LogP contribution is -2.35. The number of nitrogens with one attached hydrogen (secondary N) is 1. The maximum Gasteiger partial charge on any atom is 0.289 e. The van der Waals surface area contributed by atoms with Gasteiger partial charge in [0, 0.05) is 0 Å². The maximum absolute atomic E-state index is 11.4. The highest BCUT2D eigenvalue weighted by molar-refractivity contribution is 6.47. The molecule has 0 saturated carbocycles. The molecule has 0 radical (unpaired) electrons. The maximum atomic E-state index is 11.4. The summed E-state index contributed by atoms with van der Waals surface area (Å²) >= 11 is 0. The fourth-order valence-electron chi connectivity index (χ4n) is 0.994. The Bertz CT molecular complexity index is 371. The average molecular weight is 226 g/mol. The summed E-state index contributed by atoms with van der Waals surface area (Å²) in [7, 11) is 1.22. The van der Waals surface area contributed by atoms with Crippen molar-refractivity contribution >= 4 is 17.5 Å². The highest BCUT2D eigenvalue weighted by atomic mass is 16.7. The summed E-state index contributed by atoms with van der Waals surface area (Å²) in [5.41, 5.74) is -0.419. The number of rotatable bonds is 3. The van der Waals surface area contributed by atoms with Crippen molar-refractivity contribution in [2.24, 2.45) is 10.3 Å². The van der Waals surface area contributed by atoms with E-state index < -0.39 is 17.7 Å². The van der Waals surface area contributed by atoms with E-state index in [1.54, 1.807) is 6.07 Å². The molecule has 1 rings (SSSR count). The van der Waals surface area contributed by atoms with E-state index in [1.165, 1.54) is 7.11 Å². The number of oxime groups is 2. The summed E-state index contributed by atoms with van der Waals surface area (Å²) in [4.78, 5) is 20.4. The molecule has 1 aliphatic rings. The summed E-state index contributed by atoms with van der Waals surface area (Å²) in [5.74, 6) is -0.492. The zero-order valence-electron chi connectivity index (χ0n) is 8.51. The van der Waals surface area contributed by atoms with Crippen LogP contribution < -0.4 is 5.32 Å². The minimum absolute atomic E-state index is 0.194. The number of carbonyl (C=O) groups is 1. The number of amides is 1. The molecule has 0 saturated heterocycles. The summed E-state index contributed by atoms with van der Waals surface area (Å²) in [6.07, 6.45) is -0.186. The molecular formula is C8H10N4O4. The third-order valence-corrected chi connectivity index (χ3v) is 1.70. The van der Waals surface area contributed by atoms with Gasteiger partial charge < -0.3 is 20.1 Å². The first-order valence-electron chi connectivity index (χ1n) is 4.37. The number of nitriles is 1. The standard InChI is InChI=1S/C8H10N4O4/c1-15-11-6(3-9)8(14)10-7-2-5(4-13)16-12-7/h5,13H,2,4H2,1H3,(H,10,12,14)/b11-6+. The molecule has 0 aliphatic carbocycles. The smallest absolute Gasteiger partial charge is 0.289 e. The minimum atomic E-state index is -0.731. The molecule has 0 aromatic carbocycles. The van der Waals surface area contributed by atoms with Crippen LogP contribution in [0.5, 0.6) is 0 Å². The molecule has 1 atom stereocenters. The van der Waals surface area contributed by atoms with E-state index in [2.05, 4.69) is 20.5 Å². The van der Waals surface area contributed by atoms with Crippen molar-refractivity contribution in [1.29, 1.82) is 5.26 Å². The molecule has 2 N–H and O–H groups in total. The van der Waals surface area contributed by atoms with Gasteiger partial charge >= 0.3 is 0 Å². The summed E-state index contributed by atoms with van der Waals surface area (Å²) in [5, 5.41) is 26.4. The lowest BCUT2D eigenvalue weighted by molar-refractivity contribution is -0.113. The molecule has 0 fully saturated rings. The SMILES string of the molecule is CO/N=C(\C#N)C(=O)NC1=NOC(CO)C1. The molecule has 0 aromatic rings. The van der Waals surface area contributed by atoms with Crippen LogP contribution in [0.2, 0.25) is 0 Å². The molecule has 0 bridgehead atoms. The van der Waals surface area contributed by atoms with Crippen molar-refractivity contribution < 1.29 is 19.6 Å². The number of hydrogen-bond donors (Lipinski definition) is 2. The number of aliphatic hydroxyl groups excluding tert-OH is 1. The number of nitrogens with zero attached hydrogens (tertiary/aromatic N) is 3. The second-order valence-electron chi connectivity index (χ2n) is 2.84. The Morgan fingerprint density at radius 3 is 3.19 bits per heavy atom. The molecular weight excluding hydrogens is 216 g/mol. The fourth-order valence-corrected chi connectivity index (χ4v) is 0.994. The number of amidine groups is 1. The monoisotopic (exact) mass is 226 g/mol. The van der Waals surface area contributed by atoms with E-state index in [1.807, 2.05) is 0 Å². The number of hydrogen-bond acceptors (Lipinski definition) is 7. The third kappa shape index (κ3) is 2.93. The Morgan fingerprint density at radius 2 is 2.69 bits per heavy atom. The number of aliphatic hydroxyl groups is 1. The van der Waals surface area contributed by atoms with E-state index >= 15 is 0 Å². The van der Waals surface area contributed by atoms with Gasteiger partial charge in [0.1, 0.15) is 13.2 Å². The van der Waals surface area contributed by atoms with E-state index in [9.17, 15) is 4.79 Å². The quantitative estimate of drug-likeness (QED) is 0.459. The van der Waals surface area contributed by atoms with Crippen LogP contribution in [0.4, 0.5) is 0 Å². The molecule has 1 aliphatic heterocycles. The van der Waals surface area contributed by atoms with E-state index in [-0.39, 0.29) is 18.9 Å². The lowest BCUT2D eigenvalue weighted by Gasteiger charge is -2.02. The highest BCUT2D eigenvalue weighted by Gasteiger charge is 2.23. The molecule has 1 heterocycles. The Hall–Kier alpha value is -2.14. The zero-order chi connectivity index (χ0) is 12.0. The molecule has 1 unspecified atom stereocenters. The van der Waals surface area contributed by atoms with Crippen LogP contribution in [0, 0.1) is 11.3 Å². The predicted octanol–water partition coefficient (Wildman–Crippen LogP) is -1.28. The van der Waals surface area contributed by atoms with Gasteiger partial charge in [0.05, 0.1) is 13.0 Å². The predicted molar refractivity (Wildman–Crippen MR) is 52.2 cm³/mol. The fraction of sp³-hybridized carbons (Fsp3) is 0.500. The third-order valence-electron chi connectivity index (χ3n) is 1.70. The summed E-state index contributed by atoms with van der Waals surface area (Å²) < 4.78 is 0. The molecule has 8 nitrogen and oxygen atoms in total. The zero-order valence-corrected chi connectivity index (χ0v) is 8.51. The van der Waals surface area contributed by atoms with Gasteiger partial charge in [-0.05, 0) is 0 Å². The molecule has 0 aromatic heterocycles. The Morgan fingerprint density at radius 1 is 1.94 bits per heavy atom. The van der Waals surface area contributed by atoms with Crippen LogP contribution in [0.15, 0.2) is 10.3 Å². The molecule has 8 heteroatoms. The normalized spacial score (nSPS) is 19.4. The van der Waals surface area contributed by atoms with Crippen molar-refractivity contribution in [2.45, 2.75) is 12.5 Å². The van der Waals surface area contributed by atoms with E-state index in [4.69, 9.17) is 15.2 Å². The topological polar surface area (TPSA) is 116 Å². The second kappa shape index (κ2) is 5.67. The van der Waals surface area contributed by atoms with Crippen LogP contribution in [0.25, 0.3) is 0 Å². The largest absolute Gasteiger partial charge is 0.398 e. The minimum Gasteiger partial charge on any atom is -0.398 e. The number of carbonyl (C=O) groups excluding carboxylic acids is 1. The van der Waals surface area contributed by atoms with Crippen molar-refractivity contribution in [3.05, 3.63) is 0 Å². The van der Waals surface area contributed by atoms with Crippen LogP contribution in [-0.4, -0.2) is 42.4 Å². The van der Waals surface area contributed by atoms with Gasteiger partial charge in [0.25, 0.3) is 5.91 Å². The van der Waals surface area contributed by atoms with Crippen LogP contribution >= 0.6 is 0 Å². The first-order valence-corrected chi connectivity index (χ1v) is 4.37. The van der Waals surface area contributed by atoms with E-state index in [0.717, 1.165) is 0 Å². The summed E-state index contributed by atoms with van der Waals surface area (Å²) in [6, 6.07) is 1.57. The summed E-state index contributed by atoms with van der Waals surface area (Å²) in [6.45, 7) is -0.194. The van der Waals surface area contributed by atoms with Crippen molar-refractivity contribution in [3.8, 4) is 6.07 Å². The Balaban J connectivity index is 2.53. The first-order chi connectivity index (χ1) is 7.71. The van der Waals surface area contributed by atoms with Gasteiger partial charge in [-0.25, -0.2) is 0 Å².